The molecule has 2 aromatic heterocycles. The molecular formula is C41H36N8O4. The van der Waals surface area contributed by atoms with Crippen LogP contribution in [0.2, 0.25) is 0 Å². The molecule has 0 unspecified atom stereocenters. The number of benzene rings is 4. The van der Waals surface area contributed by atoms with Gasteiger partial charge in [-0.15, -0.1) is 0 Å². The lowest BCUT2D eigenvalue weighted by Crippen LogP contribution is -2.45. The highest BCUT2D eigenvalue weighted by molar-refractivity contribution is 6.27. The summed E-state index contributed by atoms with van der Waals surface area (Å²) >= 11 is 0. The maximum absolute atomic E-state index is 13.7. The minimum atomic E-state index is -0.287. The molecule has 264 valence electrons. The Labute approximate surface area is 305 Å². The first-order valence-corrected chi connectivity index (χ1v) is 18.1. The summed E-state index contributed by atoms with van der Waals surface area (Å²) in [4.78, 5) is 67.8. The van der Waals surface area contributed by atoms with Crippen LogP contribution < -0.4 is 5.32 Å². The van der Waals surface area contributed by atoms with Gasteiger partial charge in [-0.25, -0.2) is 4.98 Å². The van der Waals surface area contributed by atoms with Gasteiger partial charge in [0, 0.05) is 95.1 Å². The van der Waals surface area contributed by atoms with Crippen LogP contribution in [0, 0.1) is 18.3 Å². The van der Waals surface area contributed by atoms with Gasteiger partial charge >= 0.3 is 0 Å². The van der Waals surface area contributed by atoms with Crippen molar-refractivity contribution in [2.45, 2.75) is 19.3 Å². The highest BCUT2D eigenvalue weighted by Crippen LogP contribution is 2.35. The standard InChI is InChI=1S/C41H36N8O4/c50-38-30-6-1-4-28-34(46-19-15-43-25-46)12-10-32(36(28)30)40(52)48(38)21-17-42-14-3-18-45(24-27-8-9-27)22-23-49-39(51)31-7-2-5-29-35(47-20-16-44-26-47)13-11-33(37(29)31)41(49)53/h1-2,4-7,10-13,15,19,25-27,42H,3,8-9,14,17-18,21-24H2. The molecule has 0 saturated heterocycles. The minimum absolute atomic E-state index is 0.260. The van der Waals surface area contributed by atoms with Crippen molar-refractivity contribution in [2.24, 2.45) is 5.92 Å². The van der Waals surface area contributed by atoms with E-state index in [1.165, 1.54) is 22.6 Å². The Bertz CT molecular complexity index is 2360. The number of imidazole rings is 1. The van der Waals surface area contributed by atoms with E-state index >= 15 is 0 Å². The van der Waals surface area contributed by atoms with Crippen molar-refractivity contribution in [2.75, 3.05) is 45.8 Å². The first-order valence-electron chi connectivity index (χ1n) is 18.1. The Balaban J connectivity index is 0.807. The predicted octanol–water partition coefficient (Wildman–Crippen LogP) is 4.55. The van der Waals surface area contributed by atoms with Gasteiger partial charge in [0.1, 0.15) is 6.33 Å². The lowest BCUT2D eigenvalue weighted by atomic mass is 9.93. The molecule has 1 saturated carbocycles. The van der Waals surface area contributed by atoms with Crippen molar-refractivity contribution in [3.8, 4) is 11.4 Å². The molecule has 0 atom stereocenters. The van der Waals surface area contributed by atoms with Crippen LogP contribution in [-0.2, 0) is 0 Å². The van der Waals surface area contributed by atoms with Gasteiger partial charge in [0.2, 0.25) is 0 Å². The van der Waals surface area contributed by atoms with E-state index in [2.05, 4.69) is 32.6 Å². The van der Waals surface area contributed by atoms with Crippen LogP contribution in [0.5, 0.6) is 0 Å². The van der Waals surface area contributed by atoms with Crippen LogP contribution in [0.4, 0.5) is 0 Å². The summed E-state index contributed by atoms with van der Waals surface area (Å²) in [6.45, 7) is 4.04. The number of imide groups is 2. The molecule has 4 heterocycles. The van der Waals surface area contributed by atoms with E-state index in [1.54, 1.807) is 47.7 Å². The molecule has 3 aliphatic rings. The van der Waals surface area contributed by atoms with Crippen LogP contribution >= 0.6 is 0 Å². The number of carbonyl (C=O) groups is 4. The smallest absolute Gasteiger partial charge is 0.261 e. The average molecular weight is 705 g/mol. The zero-order valence-corrected chi connectivity index (χ0v) is 29.0. The fraction of sp³-hybridized carbons (Fsp3) is 0.268. The van der Waals surface area contributed by atoms with Gasteiger partial charge in [-0.05, 0) is 74.7 Å². The van der Waals surface area contributed by atoms with E-state index < -0.39 is 0 Å². The molecular weight excluding hydrogens is 669 g/mol. The second-order valence-electron chi connectivity index (χ2n) is 13.9. The summed E-state index contributed by atoms with van der Waals surface area (Å²) in [6.07, 6.45) is 15.7. The first kappa shape index (κ1) is 32.7. The largest absolute Gasteiger partial charge is 0.315 e. The summed E-state index contributed by atoms with van der Waals surface area (Å²) in [6, 6.07) is 18.5. The Kier molecular flexibility index (Phi) is 8.29. The average Bonchev–Trinajstić information content (AvgIpc) is 3.55. The molecule has 1 aliphatic carbocycles. The molecule has 0 bridgehead atoms. The van der Waals surface area contributed by atoms with E-state index in [-0.39, 0.29) is 30.2 Å². The van der Waals surface area contributed by atoms with Gasteiger partial charge in [-0.1, -0.05) is 24.3 Å². The first-order chi connectivity index (χ1) is 26.0. The third-order valence-electron chi connectivity index (χ3n) is 10.6. The molecule has 12 heteroatoms. The van der Waals surface area contributed by atoms with E-state index in [4.69, 9.17) is 0 Å². The van der Waals surface area contributed by atoms with E-state index in [0.29, 0.717) is 65.1 Å². The maximum Gasteiger partial charge on any atom is 0.261 e. The lowest BCUT2D eigenvalue weighted by molar-refractivity contribution is 0.0585. The van der Waals surface area contributed by atoms with Crippen molar-refractivity contribution in [1.29, 1.82) is 0 Å². The van der Waals surface area contributed by atoms with Gasteiger partial charge < -0.3 is 14.8 Å². The normalized spacial score (nSPS) is 15.3. The van der Waals surface area contributed by atoms with Crippen molar-refractivity contribution in [3.63, 3.8) is 0 Å². The summed E-state index contributed by atoms with van der Waals surface area (Å²) in [5.74, 6) is -0.493. The van der Waals surface area contributed by atoms with Crippen LogP contribution in [0.3, 0.4) is 0 Å². The molecule has 9 rings (SSSR count). The van der Waals surface area contributed by atoms with E-state index in [0.717, 1.165) is 41.7 Å². The molecule has 53 heavy (non-hydrogen) atoms. The second kappa shape index (κ2) is 13.4. The number of aromatic nitrogens is 4. The molecule has 4 aromatic carbocycles. The summed E-state index contributed by atoms with van der Waals surface area (Å²) in [5.41, 5.74) is 3.74. The molecule has 6 aromatic rings. The lowest BCUT2D eigenvalue weighted by Gasteiger charge is -2.30. The van der Waals surface area contributed by atoms with Gasteiger partial charge in [-0.3, -0.25) is 33.5 Å². The Morgan fingerprint density at radius 2 is 1.36 bits per heavy atom. The van der Waals surface area contributed by atoms with Crippen LogP contribution in [0.1, 0.15) is 60.7 Å². The van der Waals surface area contributed by atoms with Gasteiger partial charge in [0.25, 0.3) is 23.6 Å². The number of hydrogen-bond donors (Lipinski definition) is 1. The van der Waals surface area contributed by atoms with Crippen LogP contribution in [0.15, 0.2) is 85.7 Å². The minimum Gasteiger partial charge on any atom is -0.315 e. The van der Waals surface area contributed by atoms with Gasteiger partial charge in [0.15, 0.2) is 0 Å². The Morgan fingerprint density at radius 3 is 1.98 bits per heavy atom. The number of nitrogens with zero attached hydrogens (tertiary/aromatic N) is 7. The Morgan fingerprint density at radius 1 is 0.717 bits per heavy atom. The molecule has 0 spiro atoms. The molecule has 0 radical (unpaired) electrons. The van der Waals surface area contributed by atoms with Crippen molar-refractivity contribution < 1.29 is 19.2 Å². The highest BCUT2D eigenvalue weighted by atomic mass is 16.2. The predicted molar refractivity (Wildman–Crippen MR) is 197 cm³/mol. The zero-order chi connectivity index (χ0) is 36.1. The van der Waals surface area contributed by atoms with Crippen molar-refractivity contribution in [3.05, 3.63) is 120 Å². The van der Waals surface area contributed by atoms with Crippen LogP contribution in [-0.4, -0.2) is 103 Å². The van der Waals surface area contributed by atoms with E-state index in [1.807, 2.05) is 47.2 Å². The zero-order valence-electron chi connectivity index (χ0n) is 29.0. The number of amides is 4. The van der Waals surface area contributed by atoms with Gasteiger partial charge in [0.05, 0.1) is 23.9 Å². The molecule has 1 fully saturated rings. The Hall–Kier alpha value is -6.16. The third-order valence-corrected chi connectivity index (χ3v) is 10.6. The highest BCUT2D eigenvalue weighted by Gasteiger charge is 2.35. The summed E-state index contributed by atoms with van der Waals surface area (Å²) < 4.78 is 3.59. The topological polar surface area (TPSA) is 126 Å². The third kappa shape index (κ3) is 5.84. The molecule has 12 nitrogen and oxygen atoms in total. The number of rotatable bonds is 14. The summed E-state index contributed by atoms with van der Waals surface area (Å²) in [5, 5.41) is 6.39. The van der Waals surface area contributed by atoms with Gasteiger partial charge in [-0.2, -0.15) is 4.98 Å². The molecule has 1 N–H and O–H groups in total. The molecule has 4 amide bonds. The fourth-order valence-electron chi connectivity index (χ4n) is 7.77. The van der Waals surface area contributed by atoms with Crippen molar-refractivity contribution in [1.82, 2.24) is 39.1 Å². The van der Waals surface area contributed by atoms with E-state index in [9.17, 15) is 19.2 Å². The maximum atomic E-state index is 13.7. The number of carbonyl (C=O) groups excluding carboxylic acids is 4. The fourth-order valence-corrected chi connectivity index (χ4v) is 7.77. The number of hydrogen-bond acceptors (Lipinski definition) is 8. The van der Waals surface area contributed by atoms with Crippen LogP contribution in [0.25, 0.3) is 32.9 Å². The monoisotopic (exact) mass is 704 g/mol. The molecule has 2 aliphatic heterocycles. The quantitative estimate of drug-likeness (QED) is 0.129. The second-order valence-corrected chi connectivity index (χ2v) is 13.9. The summed E-state index contributed by atoms with van der Waals surface area (Å²) in [7, 11) is 0. The SMILES string of the molecule is O=C1c2cccc3c(-n4c#cnc4)ccc(c23)C(=O)N1CCN(CCCNCCN1C(=O)c2cccc3c(-n4ccnc4)ccc(c23)C1=O)CC1CC1. The number of nitrogens with one attached hydrogen (secondary N) is 1. The van der Waals surface area contributed by atoms with Crippen molar-refractivity contribution >= 4 is 45.2 Å².